The van der Waals surface area contributed by atoms with Crippen LogP contribution in [-0.4, -0.2) is 12.1 Å². The van der Waals surface area contributed by atoms with Gasteiger partial charge in [0.2, 0.25) is 0 Å². The van der Waals surface area contributed by atoms with E-state index in [2.05, 4.69) is 4.74 Å². The molecule has 88 valence electrons. The summed E-state index contributed by atoms with van der Waals surface area (Å²) in [5.41, 5.74) is 0.965. The SMILES string of the molecule is CC(C)c1ccc(OC(=O)C(F)(F)F)cc1. The number of hydrogen-bond acceptors (Lipinski definition) is 2. The summed E-state index contributed by atoms with van der Waals surface area (Å²) in [5, 5.41) is 0. The monoisotopic (exact) mass is 232 g/mol. The average molecular weight is 232 g/mol. The Morgan fingerprint density at radius 3 is 2.06 bits per heavy atom. The van der Waals surface area contributed by atoms with Gasteiger partial charge in [0.1, 0.15) is 5.75 Å². The summed E-state index contributed by atoms with van der Waals surface area (Å²) in [6, 6.07) is 5.95. The molecule has 0 amide bonds. The summed E-state index contributed by atoms with van der Waals surface area (Å²) >= 11 is 0. The van der Waals surface area contributed by atoms with Crippen LogP contribution in [-0.2, 0) is 4.79 Å². The number of ether oxygens (including phenoxy) is 1. The standard InChI is InChI=1S/C11H11F3O2/c1-7(2)8-3-5-9(6-4-8)16-10(15)11(12,13)14/h3-7H,1-2H3. The van der Waals surface area contributed by atoms with Crippen LogP contribution in [0.4, 0.5) is 13.2 Å². The molecule has 2 nitrogen and oxygen atoms in total. The first kappa shape index (κ1) is 12.5. The zero-order valence-electron chi connectivity index (χ0n) is 8.84. The Bertz CT molecular complexity index is 366. The molecule has 0 saturated heterocycles. The van der Waals surface area contributed by atoms with Crippen molar-refractivity contribution in [3.8, 4) is 5.75 Å². The second kappa shape index (κ2) is 4.55. The van der Waals surface area contributed by atoms with Gasteiger partial charge < -0.3 is 4.74 Å². The highest BCUT2D eigenvalue weighted by Crippen LogP contribution is 2.22. The molecule has 0 aliphatic rings. The lowest BCUT2D eigenvalue weighted by Crippen LogP contribution is -2.27. The lowest BCUT2D eigenvalue weighted by molar-refractivity contribution is -0.189. The fourth-order valence-electron chi connectivity index (χ4n) is 1.09. The van der Waals surface area contributed by atoms with Crippen molar-refractivity contribution in [2.24, 2.45) is 0 Å². The van der Waals surface area contributed by atoms with Gasteiger partial charge in [0, 0.05) is 0 Å². The lowest BCUT2D eigenvalue weighted by Gasteiger charge is -2.08. The van der Waals surface area contributed by atoms with Gasteiger partial charge >= 0.3 is 12.1 Å². The summed E-state index contributed by atoms with van der Waals surface area (Å²) < 4.78 is 39.8. The van der Waals surface area contributed by atoms with Crippen molar-refractivity contribution in [3.05, 3.63) is 29.8 Å². The van der Waals surface area contributed by atoms with E-state index in [1.165, 1.54) is 12.1 Å². The number of carbonyl (C=O) groups is 1. The van der Waals surface area contributed by atoms with Crippen LogP contribution in [0.15, 0.2) is 24.3 Å². The van der Waals surface area contributed by atoms with Gasteiger partial charge in [0.05, 0.1) is 0 Å². The van der Waals surface area contributed by atoms with Gasteiger partial charge in [-0.1, -0.05) is 26.0 Å². The van der Waals surface area contributed by atoms with E-state index >= 15 is 0 Å². The Morgan fingerprint density at radius 1 is 1.19 bits per heavy atom. The minimum Gasteiger partial charge on any atom is -0.420 e. The maximum absolute atomic E-state index is 11.9. The molecule has 0 N–H and O–H groups in total. The topological polar surface area (TPSA) is 26.3 Å². The van der Waals surface area contributed by atoms with Crippen molar-refractivity contribution in [3.63, 3.8) is 0 Å². The molecular weight excluding hydrogens is 221 g/mol. The van der Waals surface area contributed by atoms with Crippen molar-refractivity contribution in [2.45, 2.75) is 25.9 Å². The summed E-state index contributed by atoms with van der Waals surface area (Å²) in [6.07, 6.45) is -4.96. The van der Waals surface area contributed by atoms with Crippen LogP contribution in [0.25, 0.3) is 0 Å². The maximum atomic E-state index is 11.9. The van der Waals surface area contributed by atoms with Crippen LogP contribution in [0.1, 0.15) is 25.3 Å². The number of alkyl halides is 3. The molecule has 0 fully saturated rings. The van der Waals surface area contributed by atoms with Gasteiger partial charge in [-0.15, -0.1) is 0 Å². The highest BCUT2D eigenvalue weighted by molar-refractivity contribution is 5.78. The number of halogens is 3. The number of benzene rings is 1. The Balaban J connectivity index is 2.73. The second-order valence-electron chi connectivity index (χ2n) is 3.61. The van der Waals surface area contributed by atoms with Crippen molar-refractivity contribution in [1.82, 2.24) is 0 Å². The van der Waals surface area contributed by atoms with Crippen LogP contribution < -0.4 is 4.74 Å². The molecule has 0 aliphatic heterocycles. The number of esters is 1. The van der Waals surface area contributed by atoms with Gasteiger partial charge in [-0.3, -0.25) is 0 Å². The highest BCUT2D eigenvalue weighted by atomic mass is 19.4. The van der Waals surface area contributed by atoms with Crippen LogP contribution in [0.2, 0.25) is 0 Å². The molecular formula is C11H11F3O2. The Morgan fingerprint density at radius 2 is 1.69 bits per heavy atom. The fourth-order valence-corrected chi connectivity index (χ4v) is 1.09. The zero-order valence-corrected chi connectivity index (χ0v) is 8.84. The Hall–Kier alpha value is -1.52. The summed E-state index contributed by atoms with van der Waals surface area (Å²) in [5.74, 6) is -2.04. The van der Waals surface area contributed by atoms with Crippen molar-refractivity contribution in [1.29, 1.82) is 0 Å². The third-order valence-corrected chi connectivity index (χ3v) is 1.99. The quantitative estimate of drug-likeness (QED) is 0.577. The van der Waals surface area contributed by atoms with E-state index in [9.17, 15) is 18.0 Å². The molecule has 0 radical (unpaired) electrons. The van der Waals surface area contributed by atoms with E-state index in [-0.39, 0.29) is 11.7 Å². The third kappa shape index (κ3) is 3.25. The second-order valence-corrected chi connectivity index (χ2v) is 3.61. The molecule has 0 aromatic heterocycles. The Kier molecular flexibility index (Phi) is 3.57. The van der Waals surface area contributed by atoms with Crippen molar-refractivity contribution >= 4 is 5.97 Å². The molecule has 0 saturated carbocycles. The molecule has 0 spiro atoms. The predicted octanol–water partition coefficient (Wildman–Crippen LogP) is 3.28. The largest absolute Gasteiger partial charge is 0.491 e. The minimum absolute atomic E-state index is 0.105. The molecule has 0 bridgehead atoms. The molecule has 1 rings (SSSR count). The van der Waals surface area contributed by atoms with E-state index in [1.807, 2.05) is 13.8 Å². The van der Waals surface area contributed by atoms with E-state index < -0.39 is 12.1 Å². The predicted molar refractivity (Wildman–Crippen MR) is 52.2 cm³/mol. The Labute approximate surface area is 91.0 Å². The molecule has 0 atom stereocenters. The number of rotatable bonds is 2. The first-order chi connectivity index (χ1) is 7.30. The van der Waals surface area contributed by atoms with Gasteiger partial charge in [-0.2, -0.15) is 13.2 Å². The first-order valence-electron chi connectivity index (χ1n) is 4.69. The van der Waals surface area contributed by atoms with Gasteiger partial charge in [-0.05, 0) is 23.6 Å². The summed E-state index contributed by atoms with van der Waals surface area (Å²) in [4.78, 5) is 10.5. The van der Waals surface area contributed by atoms with Crippen LogP contribution in [0.5, 0.6) is 5.75 Å². The molecule has 5 heteroatoms. The van der Waals surface area contributed by atoms with Crippen LogP contribution >= 0.6 is 0 Å². The molecule has 0 aliphatic carbocycles. The maximum Gasteiger partial charge on any atom is 0.491 e. The first-order valence-corrected chi connectivity index (χ1v) is 4.69. The number of carbonyl (C=O) groups excluding carboxylic acids is 1. The summed E-state index contributed by atoms with van der Waals surface area (Å²) in [7, 11) is 0. The third-order valence-electron chi connectivity index (χ3n) is 1.99. The molecule has 0 heterocycles. The highest BCUT2D eigenvalue weighted by Gasteiger charge is 2.41. The van der Waals surface area contributed by atoms with Gasteiger partial charge in [0.25, 0.3) is 0 Å². The molecule has 1 aromatic rings. The normalized spacial score (nSPS) is 11.6. The lowest BCUT2D eigenvalue weighted by atomic mass is 10.0. The van der Waals surface area contributed by atoms with Gasteiger partial charge in [-0.25, -0.2) is 4.79 Å². The van der Waals surface area contributed by atoms with Crippen molar-refractivity contribution < 1.29 is 22.7 Å². The minimum atomic E-state index is -4.96. The van der Waals surface area contributed by atoms with E-state index in [0.29, 0.717) is 0 Å². The zero-order chi connectivity index (χ0) is 12.3. The van der Waals surface area contributed by atoms with Crippen LogP contribution in [0, 0.1) is 0 Å². The molecule has 0 unspecified atom stereocenters. The van der Waals surface area contributed by atoms with E-state index in [0.717, 1.165) is 5.56 Å². The number of hydrogen-bond donors (Lipinski definition) is 0. The van der Waals surface area contributed by atoms with E-state index in [1.54, 1.807) is 12.1 Å². The molecule has 16 heavy (non-hydrogen) atoms. The van der Waals surface area contributed by atoms with Gasteiger partial charge in [0.15, 0.2) is 0 Å². The summed E-state index contributed by atoms with van der Waals surface area (Å²) in [6.45, 7) is 3.91. The fraction of sp³-hybridized carbons (Fsp3) is 0.364. The van der Waals surface area contributed by atoms with E-state index in [4.69, 9.17) is 0 Å². The smallest absolute Gasteiger partial charge is 0.420 e. The molecule has 1 aromatic carbocycles. The van der Waals surface area contributed by atoms with Crippen LogP contribution in [0.3, 0.4) is 0 Å². The average Bonchev–Trinajstić information content (AvgIpc) is 2.17. The van der Waals surface area contributed by atoms with Crippen molar-refractivity contribution in [2.75, 3.05) is 0 Å².